The molecule has 3 aromatic rings. The van der Waals surface area contributed by atoms with Gasteiger partial charge in [-0.3, -0.25) is 9.48 Å². The molecule has 6 heteroatoms. The van der Waals surface area contributed by atoms with Crippen LogP contribution in [-0.4, -0.2) is 38.2 Å². The minimum Gasteiger partial charge on any atom is -0.335 e. The Morgan fingerprint density at radius 1 is 1.30 bits per heavy atom. The van der Waals surface area contributed by atoms with Gasteiger partial charge in [-0.2, -0.15) is 5.10 Å². The monoisotopic (exact) mass is 366 g/mol. The van der Waals surface area contributed by atoms with Crippen LogP contribution in [0.2, 0.25) is 0 Å². The van der Waals surface area contributed by atoms with Crippen molar-refractivity contribution in [2.45, 2.75) is 39.2 Å². The first-order chi connectivity index (χ1) is 12.9. The van der Waals surface area contributed by atoms with E-state index < -0.39 is 0 Å². The number of aryl methyl sites for hydroxylation is 3. The van der Waals surface area contributed by atoms with E-state index in [1.165, 1.54) is 6.07 Å². The second-order valence-corrected chi connectivity index (χ2v) is 7.35. The van der Waals surface area contributed by atoms with Gasteiger partial charge in [-0.25, -0.2) is 9.37 Å². The third-order valence-corrected chi connectivity index (χ3v) is 5.33. The first-order valence-corrected chi connectivity index (χ1v) is 9.30. The van der Waals surface area contributed by atoms with E-state index >= 15 is 0 Å². The largest absolute Gasteiger partial charge is 0.335 e. The molecular weight excluding hydrogens is 343 g/mol. The Morgan fingerprint density at radius 2 is 2.11 bits per heavy atom. The van der Waals surface area contributed by atoms with Crippen molar-refractivity contribution in [3.05, 3.63) is 58.7 Å². The highest BCUT2D eigenvalue weighted by molar-refractivity contribution is 6.06. The van der Waals surface area contributed by atoms with E-state index in [1.54, 1.807) is 16.8 Å². The van der Waals surface area contributed by atoms with Gasteiger partial charge in [0.05, 0.1) is 16.6 Å². The molecule has 27 heavy (non-hydrogen) atoms. The zero-order valence-electron chi connectivity index (χ0n) is 15.9. The van der Waals surface area contributed by atoms with Crippen molar-refractivity contribution in [2.75, 3.05) is 6.54 Å². The summed E-state index contributed by atoms with van der Waals surface area (Å²) in [5, 5.41) is 5.26. The molecule has 1 amide bonds. The fourth-order valence-corrected chi connectivity index (χ4v) is 4.14. The summed E-state index contributed by atoms with van der Waals surface area (Å²) in [7, 11) is 1.85. The molecule has 1 fully saturated rings. The van der Waals surface area contributed by atoms with Crippen molar-refractivity contribution in [3.8, 4) is 0 Å². The number of amides is 1. The molecule has 2 aromatic heterocycles. The van der Waals surface area contributed by atoms with E-state index in [1.807, 2.05) is 37.9 Å². The van der Waals surface area contributed by atoms with Gasteiger partial charge in [0.1, 0.15) is 5.82 Å². The van der Waals surface area contributed by atoms with Crippen molar-refractivity contribution in [1.29, 1.82) is 0 Å². The number of fused-ring (bicyclic) bond motifs is 1. The van der Waals surface area contributed by atoms with Crippen LogP contribution in [0.4, 0.5) is 4.39 Å². The van der Waals surface area contributed by atoms with Crippen LogP contribution >= 0.6 is 0 Å². The van der Waals surface area contributed by atoms with Crippen molar-refractivity contribution in [3.63, 3.8) is 0 Å². The number of hydrogen-bond acceptors (Lipinski definition) is 3. The highest BCUT2D eigenvalue weighted by atomic mass is 19.1. The molecule has 4 rings (SSSR count). The minimum absolute atomic E-state index is 0.0144. The van der Waals surface area contributed by atoms with Gasteiger partial charge in [0.2, 0.25) is 0 Å². The summed E-state index contributed by atoms with van der Waals surface area (Å²) >= 11 is 0. The first-order valence-electron chi connectivity index (χ1n) is 9.30. The maximum Gasteiger partial charge on any atom is 0.254 e. The van der Waals surface area contributed by atoms with Gasteiger partial charge in [-0.05, 0) is 56.9 Å². The number of benzene rings is 1. The zero-order valence-corrected chi connectivity index (χ0v) is 15.9. The second kappa shape index (κ2) is 6.76. The zero-order chi connectivity index (χ0) is 19.1. The van der Waals surface area contributed by atoms with Crippen molar-refractivity contribution >= 4 is 16.9 Å². The van der Waals surface area contributed by atoms with Crippen LogP contribution in [0, 0.1) is 19.7 Å². The molecule has 1 unspecified atom stereocenters. The molecule has 0 N–H and O–H groups in total. The van der Waals surface area contributed by atoms with Crippen LogP contribution in [0.1, 0.15) is 40.2 Å². The van der Waals surface area contributed by atoms with Gasteiger partial charge in [0, 0.05) is 25.3 Å². The van der Waals surface area contributed by atoms with E-state index in [0.29, 0.717) is 12.0 Å². The molecule has 1 aromatic carbocycles. The average Bonchev–Trinajstić information content (AvgIpc) is 3.18. The number of likely N-dealkylation sites (tertiary alicyclic amines) is 1. The Kier molecular flexibility index (Phi) is 4.42. The predicted octanol–water partition coefficient (Wildman–Crippen LogP) is 3.57. The normalized spacial score (nSPS) is 17.0. The van der Waals surface area contributed by atoms with Crippen LogP contribution in [-0.2, 0) is 13.5 Å². The van der Waals surface area contributed by atoms with Gasteiger partial charge >= 0.3 is 0 Å². The molecular formula is C21H23FN4O. The molecule has 0 bridgehead atoms. The predicted molar refractivity (Wildman–Crippen MR) is 102 cm³/mol. The van der Waals surface area contributed by atoms with Gasteiger partial charge in [-0.15, -0.1) is 0 Å². The fraction of sp³-hybridized carbons (Fsp3) is 0.381. The number of aromatic nitrogens is 3. The molecule has 0 aliphatic carbocycles. The molecule has 1 aliphatic rings. The molecule has 140 valence electrons. The maximum absolute atomic E-state index is 13.5. The van der Waals surface area contributed by atoms with Crippen LogP contribution in [0.5, 0.6) is 0 Å². The smallest absolute Gasteiger partial charge is 0.254 e. The van der Waals surface area contributed by atoms with Gasteiger partial charge in [0.15, 0.2) is 5.65 Å². The lowest BCUT2D eigenvalue weighted by Crippen LogP contribution is -2.37. The van der Waals surface area contributed by atoms with Crippen LogP contribution in [0.15, 0.2) is 30.3 Å². The highest BCUT2D eigenvalue weighted by Gasteiger charge is 2.31. The van der Waals surface area contributed by atoms with E-state index in [2.05, 4.69) is 10.1 Å². The number of rotatable bonds is 3. The Balaban J connectivity index is 1.69. The molecule has 1 saturated heterocycles. The van der Waals surface area contributed by atoms with Crippen molar-refractivity contribution < 1.29 is 9.18 Å². The van der Waals surface area contributed by atoms with Gasteiger partial charge in [0.25, 0.3) is 5.91 Å². The first kappa shape index (κ1) is 17.6. The minimum atomic E-state index is -0.235. The number of halogens is 1. The molecule has 0 spiro atoms. The summed E-state index contributed by atoms with van der Waals surface area (Å²) in [4.78, 5) is 19.9. The van der Waals surface area contributed by atoms with Crippen molar-refractivity contribution in [1.82, 2.24) is 19.7 Å². The standard InChI is InChI=1S/C21H23FN4O/c1-13-10-18(19-14(2)24-25(3)20(19)23-13)21(27)26-9-5-8-17(26)12-15-6-4-7-16(22)11-15/h4,6-7,10-11,17H,5,8-9,12H2,1-3H3. The van der Waals surface area contributed by atoms with Crippen LogP contribution in [0.3, 0.4) is 0 Å². The van der Waals surface area contributed by atoms with E-state index in [-0.39, 0.29) is 17.8 Å². The third kappa shape index (κ3) is 3.20. The Labute approximate surface area is 157 Å². The molecule has 0 saturated carbocycles. The Morgan fingerprint density at radius 3 is 2.89 bits per heavy atom. The fourth-order valence-electron chi connectivity index (χ4n) is 4.14. The topological polar surface area (TPSA) is 51.0 Å². The maximum atomic E-state index is 13.5. The van der Waals surface area contributed by atoms with Gasteiger partial charge < -0.3 is 4.90 Å². The number of hydrogen-bond donors (Lipinski definition) is 0. The molecule has 0 radical (unpaired) electrons. The summed E-state index contributed by atoms with van der Waals surface area (Å²) in [5.74, 6) is -0.221. The van der Waals surface area contributed by atoms with E-state index in [0.717, 1.165) is 47.4 Å². The van der Waals surface area contributed by atoms with E-state index in [9.17, 15) is 9.18 Å². The molecule has 3 heterocycles. The molecule has 5 nitrogen and oxygen atoms in total. The molecule has 1 atom stereocenters. The Hall–Kier alpha value is -2.76. The number of carbonyl (C=O) groups is 1. The lowest BCUT2D eigenvalue weighted by molar-refractivity contribution is 0.0738. The van der Waals surface area contributed by atoms with E-state index in [4.69, 9.17) is 0 Å². The van der Waals surface area contributed by atoms with Gasteiger partial charge in [-0.1, -0.05) is 12.1 Å². The summed E-state index contributed by atoms with van der Waals surface area (Å²) in [6.45, 7) is 4.53. The highest BCUT2D eigenvalue weighted by Crippen LogP contribution is 2.28. The number of pyridine rings is 1. The second-order valence-electron chi connectivity index (χ2n) is 7.35. The summed E-state index contributed by atoms with van der Waals surface area (Å²) in [5.41, 5.74) is 3.93. The lowest BCUT2D eigenvalue weighted by atomic mass is 10.0. The average molecular weight is 366 g/mol. The number of carbonyl (C=O) groups excluding carboxylic acids is 1. The molecule has 1 aliphatic heterocycles. The third-order valence-electron chi connectivity index (χ3n) is 5.33. The summed E-state index contributed by atoms with van der Waals surface area (Å²) < 4.78 is 15.3. The number of nitrogens with zero attached hydrogens (tertiary/aromatic N) is 4. The lowest BCUT2D eigenvalue weighted by Gasteiger charge is -2.25. The Bertz CT molecular complexity index is 1030. The quantitative estimate of drug-likeness (QED) is 0.712. The summed E-state index contributed by atoms with van der Waals surface area (Å²) in [6.07, 6.45) is 2.56. The van der Waals surface area contributed by atoms with Crippen LogP contribution in [0.25, 0.3) is 11.0 Å². The van der Waals surface area contributed by atoms with Crippen molar-refractivity contribution in [2.24, 2.45) is 7.05 Å². The SMILES string of the molecule is Cc1cc(C(=O)N2CCCC2Cc2cccc(F)c2)c2c(C)nn(C)c2n1. The summed E-state index contributed by atoms with van der Waals surface area (Å²) in [6, 6.07) is 8.59. The van der Waals surface area contributed by atoms with Crippen LogP contribution < -0.4 is 0 Å².